The molecule has 94 valence electrons. The number of methoxy groups -OCH3 is 1. The van der Waals surface area contributed by atoms with Crippen molar-refractivity contribution in [2.75, 3.05) is 7.11 Å². The first-order chi connectivity index (χ1) is 7.54. The van der Waals surface area contributed by atoms with Crippen LogP contribution in [0.25, 0.3) is 0 Å². The predicted molar refractivity (Wildman–Crippen MR) is 65.2 cm³/mol. The number of ether oxygens (including phenoxy) is 1. The molecule has 0 bridgehead atoms. The van der Waals surface area contributed by atoms with Crippen molar-refractivity contribution in [3.63, 3.8) is 0 Å². The minimum atomic E-state index is -0.150. The summed E-state index contributed by atoms with van der Waals surface area (Å²) in [7, 11) is 1.46. The Labute approximate surface area is 98.9 Å². The molecule has 0 aromatic carbocycles. The van der Waals surface area contributed by atoms with E-state index in [1.165, 1.54) is 32.8 Å². The third-order valence-corrected chi connectivity index (χ3v) is 3.55. The Morgan fingerprint density at radius 1 is 1.25 bits per heavy atom. The summed E-state index contributed by atoms with van der Waals surface area (Å²) in [5, 5.41) is 3.45. The summed E-state index contributed by atoms with van der Waals surface area (Å²) in [4.78, 5) is 11.6. The van der Waals surface area contributed by atoms with Crippen LogP contribution in [0.1, 0.15) is 46.5 Å². The fraction of sp³-hybridized carbons (Fsp3) is 0.923. The van der Waals surface area contributed by atoms with Gasteiger partial charge in [0.1, 0.15) is 6.04 Å². The van der Waals surface area contributed by atoms with Gasteiger partial charge in [-0.2, -0.15) is 0 Å². The molecule has 0 aromatic heterocycles. The molecule has 1 rings (SSSR count). The van der Waals surface area contributed by atoms with E-state index >= 15 is 0 Å². The molecule has 1 aliphatic carbocycles. The smallest absolute Gasteiger partial charge is 0.323 e. The van der Waals surface area contributed by atoms with Crippen LogP contribution in [0.5, 0.6) is 0 Å². The van der Waals surface area contributed by atoms with Gasteiger partial charge in [0.2, 0.25) is 0 Å². The van der Waals surface area contributed by atoms with E-state index in [0.717, 1.165) is 5.92 Å². The third kappa shape index (κ3) is 3.78. The van der Waals surface area contributed by atoms with E-state index < -0.39 is 0 Å². The number of rotatable bonds is 4. The summed E-state index contributed by atoms with van der Waals surface area (Å²) in [6.07, 6.45) is 4.90. The van der Waals surface area contributed by atoms with Crippen LogP contribution in [0.4, 0.5) is 0 Å². The zero-order valence-electron chi connectivity index (χ0n) is 11.0. The number of hydrogen-bond acceptors (Lipinski definition) is 3. The molecule has 0 aliphatic heterocycles. The highest BCUT2D eigenvalue weighted by Gasteiger charge is 2.27. The van der Waals surface area contributed by atoms with Gasteiger partial charge >= 0.3 is 5.97 Å². The van der Waals surface area contributed by atoms with E-state index in [1.807, 2.05) is 0 Å². The molecule has 0 amide bonds. The first kappa shape index (κ1) is 13.5. The number of carbonyl (C=O) groups excluding carboxylic acids is 1. The lowest BCUT2D eigenvalue weighted by Crippen LogP contribution is -2.48. The maximum absolute atomic E-state index is 11.6. The van der Waals surface area contributed by atoms with Crippen molar-refractivity contribution in [2.24, 2.45) is 11.8 Å². The quantitative estimate of drug-likeness (QED) is 0.749. The first-order valence-corrected chi connectivity index (χ1v) is 6.38. The van der Waals surface area contributed by atoms with Crippen LogP contribution in [0, 0.1) is 11.8 Å². The molecule has 0 spiro atoms. The SMILES string of the molecule is COC(=O)[C@@H](NC1CCC(C)CC1)C(C)C. The van der Waals surface area contributed by atoms with E-state index in [-0.39, 0.29) is 17.9 Å². The zero-order chi connectivity index (χ0) is 12.1. The largest absolute Gasteiger partial charge is 0.468 e. The molecular formula is C13H25NO2. The molecule has 0 radical (unpaired) electrons. The highest BCUT2D eigenvalue weighted by molar-refractivity contribution is 5.75. The van der Waals surface area contributed by atoms with E-state index in [9.17, 15) is 4.79 Å². The Hall–Kier alpha value is -0.570. The maximum atomic E-state index is 11.6. The van der Waals surface area contributed by atoms with Gasteiger partial charge in [0.25, 0.3) is 0 Å². The Bertz CT molecular complexity index is 220. The molecule has 16 heavy (non-hydrogen) atoms. The van der Waals surface area contributed by atoms with Crippen molar-refractivity contribution in [3.8, 4) is 0 Å². The van der Waals surface area contributed by atoms with Crippen LogP contribution < -0.4 is 5.32 Å². The fourth-order valence-electron chi connectivity index (χ4n) is 2.34. The fourth-order valence-corrected chi connectivity index (χ4v) is 2.34. The average Bonchev–Trinajstić information content (AvgIpc) is 2.27. The lowest BCUT2D eigenvalue weighted by molar-refractivity contribution is -0.144. The maximum Gasteiger partial charge on any atom is 0.323 e. The Kier molecular flexibility index (Phi) is 5.26. The topological polar surface area (TPSA) is 38.3 Å². The molecule has 0 saturated heterocycles. The predicted octanol–water partition coefficient (Wildman–Crippen LogP) is 2.35. The average molecular weight is 227 g/mol. The van der Waals surface area contributed by atoms with E-state index in [1.54, 1.807) is 0 Å². The van der Waals surface area contributed by atoms with Crippen LogP contribution in [0.3, 0.4) is 0 Å². The highest BCUT2D eigenvalue weighted by Crippen LogP contribution is 2.24. The molecule has 0 aromatic rings. The second-order valence-electron chi connectivity index (χ2n) is 5.37. The molecule has 0 heterocycles. The molecule has 1 saturated carbocycles. The van der Waals surface area contributed by atoms with Crippen molar-refractivity contribution in [3.05, 3.63) is 0 Å². The van der Waals surface area contributed by atoms with Crippen LogP contribution in [-0.2, 0) is 9.53 Å². The summed E-state index contributed by atoms with van der Waals surface area (Å²) in [5.41, 5.74) is 0. The van der Waals surface area contributed by atoms with Crippen molar-refractivity contribution in [1.29, 1.82) is 0 Å². The number of carbonyl (C=O) groups is 1. The first-order valence-electron chi connectivity index (χ1n) is 6.38. The Balaban J connectivity index is 2.45. The van der Waals surface area contributed by atoms with Gasteiger partial charge < -0.3 is 10.1 Å². The molecule has 3 nitrogen and oxygen atoms in total. The molecule has 3 heteroatoms. The Morgan fingerprint density at radius 2 is 1.81 bits per heavy atom. The van der Waals surface area contributed by atoms with Crippen molar-refractivity contribution < 1.29 is 9.53 Å². The molecule has 1 aliphatic rings. The minimum absolute atomic E-state index is 0.131. The monoisotopic (exact) mass is 227 g/mol. The molecule has 1 fully saturated rings. The summed E-state index contributed by atoms with van der Waals surface area (Å²) >= 11 is 0. The highest BCUT2D eigenvalue weighted by atomic mass is 16.5. The van der Waals surface area contributed by atoms with Crippen LogP contribution in [0.15, 0.2) is 0 Å². The third-order valence-electron chi connectivity index (χ3n) is 3.55. The van der Waals surface area contributed by atoms with Crippen molar-refractivity contribution in [2.45, 2.75) is 58.5 Å². The summed E-state index contributed by atoms with van der Waals surface area (Å²) in [6, 6.07) is 0.339. The second-order valence-corrected chi connectivity index (χ2v) is 5.37. The van der Waals surface area contributed by atoms with E-state index in [2.05, 4.69) is 26.1 Å². The zero-order valence-corrected chi connectivity index (χ0v) is 11.0. The van der Waals surface area contributed by atoms with Crippen LogP contribution in [-0.4, -0.2) is 25.2 Å². The van der Waals surface area contributed by atoms with Gasteiger partial charge in [0.15, 0.2) is 0 Å². The summed E-state index contributed by atoms with van der Waals surface area (Å²) in [6.45, 7) is 6.41. The van der Waals surface area contributed by atoms with E-state index in [0.29, 0.717) is 6.04 Å². The molecular weight excluding hydrogens is 202 g/mol. The van der Waals surface area contributed by atoms with Gasteiger partial charge in [-0.05, 0) is 37.5 Å². The number of esters is 1. The molecule has 0 unspecified atom stereocenters. The van der Waals surface area contributed by atoms with Gasteiger partial charge in [-0.15, -0.1) is 0 Å². The number of hydrogen-bond donors (Lipinski definition) is 1. The number of nitrogens with one attached hydrogen (secondary N) is 1. The van der Waals surface area contributed by atoms with Crippen LogP contribution >= 0.6 is 0 Å². The van der Waals surface area contributed by atoms with Crippen molar-refractivity contribution >= 4 is 5.97 Å². The normalized spacial score (nSPS) is 27.8. The van der Waals surface area contributed by atoms with E-state index in [4.69, 9.17) is 4.74 Å². The minimum Gasteiger partial charge on any atom is -0.468 e. The van der Waals surface area contributed by atoms with Gasteiger partial charge in [-0.25, -0.2) is 0 Å². The lowest BCUT2D eigenvalue weighted by Gasteiger charge is -2.31. The Morgan fingerprint density at radius 3 is 2.25 bits per heavy atom. The van der Waals surface area contributed by atoms with Gasteiger partial charge in [0, 0.05) is 6.04 Å². The van der Waals surface area contributed by atoms with Crippen molar-refractivity contribution in [1.82, 2.24) is 5.32 Å². The lowest BCUT2D eigenvalue weighted by atomic mass is 9.86. The van der Waals surface area contributed by atoms with Gasteiger partial charge in [0.05, 0.1) is 7.11 Å². The standard InChI is InChI=1S/C13H25NO2/c1-9(2)12(13(15)16-4)14-11-7-5-10(3)6-8-11/h9-12,14H,5-8H2,1-4H3/t10?,11?,12-/m0/s1. The molecule has 1 N–H and O–H groups in total. The summed E-state index contributed by atoms with van der Waals surface area (Å²) < 4.78 is 4.83. The van der Waals surface area contributed by atoms with Crippen LogP contribution in [0.2, 0.25) is 0 Å². The van der Waals surface area contributed by atoms with Gasteiger partial charge in [-0.3, -0.25) is 4.79 Å². The molecule has 1 atom stereocenters. The van der Waals surface area contributed by atoms with Gasteiger partial charge in [-0.1, -0.05) is 20.8 Å². The summed E-state index contributed by atoms with van der Waals surface area (Å²) in [5.74, 6) is 0.995. The second kappa shape index (κ2) is 6.24.